The molecule has 1 saturated carbocycles. The van der Waals surface area contributed by atoms with Crippen molar-refractivity contribution in [3.05, 3.63) is 58.6 Å². The number of aromatic nitrogens is 2. The zero-order chi connectivity index (χ0) is 33.3. The number of fused-ring (bicyclic) bond motifs is 2. The van der Waals surface area contributed by atoms with Crippen LogP contribution in [0.5, 0.6) is 6.01 Å². The highest BCUT2D eigenvalue weighted by atomic mass is 19.1. The van der Waals surface area contributed by atoms with E-state index in [9.17, 15) is 14.3 Å². The number of terminal acetylenes is 1. The topological polar surface area (TPSA) is 113 Å². The molecule has 11 nitrogen and oxygen atoms in total. The summed E-state index contributed by atoms with van der Waals surface area (Å²) in [4.78, 5) is 29.1. The average molecular weight is 661 g/mol. The molecule has 3 atom stereocenters. The zero-order valence-corrected chi connectivity index (χ0v) is 27.5. The van der Waals surface area contributed by atoms with Gasteiger partial charge in [-0.3, -0.25) is 14.6 Å². The monoisotopic (exact) mass is 660 g/mol. The van der Waals surface area contributed by atoms with Gasteiger partial charge in [-0.1, -0.05) is 18.6 Å². The predicted molar refractivity (Wildman–Crippen MR) is 177 cm³/mol. The van der Waals surface area contributed by atoms with E-state index in [1.807, 2.05) is 0 Å². The number of hydrogen-bond acceptors (Lipinski definition) is 10. The van der Waals surface area contributed by atoms with Crippen molar-refractivity contribution in [1.82, 2.24) is 25.1 Å². The highest BCUT2D eigenvalue weighted by molar-refractivity contribution is 5.87. The van der Waals surface area contributed by atoms with E-state index in [2.05, 4.69) is 32.5 Å². The summed E-state index contributed by atoms with van der Waals surface area (Å²) in [5, 5.41) is 13.8. The fourth-order valence-corrected chi connectivity index (χ4v) is 7.71. The van der Waals surface area contributed by atoms with Crippen LogP contribution in [0.4, 0.5) is 10.2 Å². The number of amides is 1. The number of aliphatic hydroxyl groups excluding tert-OH is 1. The third kappa shape index (κ3) is 7.07. The van der Waals surface area contributed by atoms with Crippen molar-refractivity contribution in [3.8, 4) is 18.4 Å². The van der Waals surface area contributed by atoms with Crippen LogP contribution < -0.4 is 15.0 Å². The van der Waals surface area contributed by atoms with E-state index in [1.54, 1.807) is 6.07 Å². The Morgan fingerprint density at radius 1 is 1.21 bits per heavy atom. The fourth-order valence-electron chi connectivity index (χ4n) is 7.71. The molecule has 256 valence electrons. The molecule has 0 spiro atoms. The summed E-state index contributed by atoms with van der Waals surface area (Å²) in [5.41, 5.74) is 3.90. The van der Waals surface area contributed by atoms with Crippen molar-refractivity contribution in [1.29, 1.82) is 0 Å². The lowest BCUT2D eigenvalue weighted by atomic mass is 9.81. The largest absolute Gasteiger partial charge is 0.463 e. The van der Waals surface area contributed by atoms with Crippen LogP contribution >= 0.6 is 0 Å². The molecule has 0 bridgehead atoms. The first-order chi connectivity index (χ1) is 23.3. The van der Waals surface area contributed by atoms with Gasteiger partial charge in [0.15, 0.2) is 0 Å². The molecule has 2 N–H and O–H groups in total. The number of hydrogen-bond donors (Lipinski definition) is 2. The number of rotatable bonds is 9. The number of aliphatic hydroxyl groups is 1. The lowest BCUT2D eigenvalue weighted by Gasteiger charge is -2.41. The summed E-state index contributed by atoms with van der Waals surface area (Å²) in [7, 11) is 0. The van der Waals surface area contributed by atoms with E-state index in [4.69, 9.17) is 30.6 Å². The number of carbonyl (C=O) groups excluding carboxylic acids is 1. The first kappa shape index (κ1) is 32.9. The molecule has 48 heavy (non-hydrogen) atoms. The minimum absolute atomic E-state index is 0.0803. The summed E-state index contributed by atoms with van der Waals surface area (Å²) >= 11 is 0. The fraction of sp³-hybridized carbons (Fsp3) is 0.583. The van der Waals surface area contributed by atoms with E-state index in [1.165, 1.54) is 12.1 Å². The van der Waals surface area contributed by atoms with Crippen LogP contribution in [0.1, 0.15) is 53.3 Å². The van der Waals surface area contributed by atoms with Gasteiger partial charge >= 0.3 is 6.01 Å². The second kappa shape index (κ2) is 14.1. The lowest BCUT2D eigenvalue weighted by Crippen LogP contribution is -2.45. The van der Waals surface area contributed by atoms with Gasteiger partial charge in [0.1, 0.15) is 11.6 Å². The van der Waals surface area contributed by atoms with Crippen molar-refractivity contribution < 1.29 is 28.5 Å². The Balaban J connectivity index is 1.19. The number of halogens is 1. The smallest absolute Gasteiger partial charge is 0.318 e. The molecular weight excluding hydrogens is 615 g/mol. The van der Waals surface area contributed by atoms with E-state index >= 15 is 0 Å². The minimum Gasteiger partial charge on any atom is -0.463 e. The molecule has 2 unspecified atom stereocenters. The van der Waals surface area contributed by atoms with Gasteiger partial charge in [0.2, 0.25) is 5.91 Å². The molecule has 1 amide bonds. The molecule has 2 aromatic rings. The van der Waals surface area contributed by atoms with Crippen molar-refractivity contribution in [2.45, 2.75) is 56.8 Å². The maximum absolute atomic E-state index is 14.9. The SMILES string of the molecule is C#Cc1c(F)ccc2c1C(N1CCc3c(nc(OCC4(CN5CCOCC5)CC4)nc3N3CCOC[C@@H](NC(=O)C=C)C3)C1)CC(O)C2. The summed E-state index contributed by atoms with van der Waals surface area (Å²) < 4.78 is 32.8. The van der Waals surface area contributed by atoms with Crippen LogP contribution in [0.2, 0.25) is 0 Å². The van der Waals surface area contributed by atoms with Gasteiger partial charge < -0.3 is 29.5 Å². The molecular formula is C36H45FN6O5. The van der Waals surface area contributed by atoms with Gasteiger partial charge in [-0.05, 0) is 55.4 Å². The van der Waals surface area contributed by atoms with E-state index in [-0.39, 0.29) is 29.0 Å². The van der Waals surface area contributed by atoms with E-state index in [0.29, 0.717) is 71.3 Å². The second-order valence-corrected chi connectivity index (χ2v) is 13.8. The van der Waals surface area contributed by atoms with E-state index in [0.717, 1.165) is 73.9 Å². The van der Waals surface area contributed by atoms with Crippen LogP contribution in [-0.2, 0) is 33.7 Å². The molecule has 2 aliphatic carbocycles. The Hall–Kier alpha value is -3.60. The van der Waals surface area contributed by atoms with Gasteiger partial charge in [-0.15, -0.1) is 6.42 Å². The van der Waals surface area contributed by atoms with Crippen molar-refractivity contribution in [3.63, 3.8) is 0 Å². The Bertz CT molecular complexity index is 1570. The quantitative estimate of drug-likeness (QED) is 0.306. The summed E-state index contributed by atoms with van der Waals surface area (Å²) in [6.45, 7) is 11.6. The molecule has 12 heteroatoms. The Labute approximate surface area is 281 Å². The highest BCUT2D eigenvalue weighted by Crippen LogP contribution is 2.47. The lowest BCUT2D eigenvalue weighted by molar-refractivity contribution is -0.117. The van der Waals surface area contributed by atoms with Crippen molar-refractivity contribution in [2.75, 3.05) is 77.2 Å². The third-order valence-corrected chi connectivity index (χ3v) is 10.4. The second-order valence-electron chi connectivity index (χ2n) is 13.8. The number of carbonyl (C=O) groups is 1. The first-order valence-corrected chi connectivity index (χ1v) is 17.1. The van der Waals surface area contributed by atoms with Crippen LogP contribution in [0.25, 0.3) is 0 Å². The van der Waals surface area contributed by atoms with Gasteiger partial charge in [0, 0.05) is 62.8 Å². The number of morpholine rings is 1. The number of ether oxygens (including phenoxy) is 3. The molecule has 1 aromatic heterocycles. The Morgan fingerprint density at radius 2 is 2.02 bits per heavy atom. The first-order valence-electron chi connectivity index (χ1n) is 17.1. The Kier molecular flexibility index (Phi) is 9.67. The van der Waals surface area contributed by atoms with E-state index < -0.39 is 11.9 Å². The number of nitrogens with zero attached hydrogens (tertiary/aromatic N) is 5. The van der Waals surface area contributed by atoms with Crippen LogP contribution in [0, 0.1) is 23.6 Å². The molecule has 7 rings (SSSR count). The van der Waals surface area contributed by atoms with Gasteiger partial charge in [0.05, 0.1) is 56.4 Å². The molecule has 4 heterocycles. The number of benzene rings is 1. The molecule has 3 fully saturated rings. The summed E-state index contributed by atoms with van der Waals surface area (Å²) in [6, 6.07) is 2.98. The number of nitrogens with one attached hydrogen (secondary N) is 1. The molecule has 3 aliphatic heterocycles. The van der Waals surface area contributed by atoms with Gasteiger partial charge in [0.25, 0.3) is 0 Å². The van der Waals surface area contributed by atoms with Crippen LogP contribution in [-0.4, -0.2) is 115 Å². The maximum Gasteiger partial charge on any atom is 0.318 e. The van der Waals surface area contributed by atoms with Crippen molar-refractivity contribution >= 4 is 11.7 Å². The van der Waals surface area contributed by atoms with Crippen LogP contribution in [0.15, 0.2) is 24.8 Å². The zero-order valence-electron chi connectivity index (χ0n) is 27.5. The maximum atomic E-state index is 14.9. The standard InChI is InChI=1S/C36H45FN6O5/c1-3-27-29(37)6-5-24-17-26(44)18-31(33(24)27)42-10-7-28-30(20-42)39-35(48-23-36(8-9-36)22-41-11-14-46-15-12-41)40-34(28)43-13-16-47-21-25(19-43)38-32(45)4-2/h1,4-6,25-26,31,44H,2,7-23H2,(H,38,45)/t25-,26?,31?/m0/s1. The predicted octanol–water partition coefficient (Wildman–Crippen LogP) is 2.00. The third-order valence-electron chi connectivity index (χ3n) is 10.4. The summed E-state index contributed by atoms with van der Waals surface area (Å²) in [5.74, 6) is 2.71. The summed E-state index contributed by atoms with van der Waals surface area (Å²) in [6.07, 6.45) is 10.3. The van der Waals surface area contributed by atoms with Crippen molar-refractivity contribution in [2.24, 2.45) is 5.41 Å². The minimum atomic E-state index is -0.555. The highest BCUT2D eigenvalue weighted by Gasteiger charge is 2.45. The van der Waals surface area contributed by atoms with Gasteiger partial charge in [-0.25, -0.2) is 4.39 Å². The van der Waals surface area contributed by atoms with Crippen LogP contribution in [0.3, 0.4) is 0 Å². The average Bonchev–Trinajstić information content (AvgIpc) is 3.90. The molecule has 5 aliphatic rings. The normalized spacial score (nSPS) is 25.6. The molecule has 2 saturated heterocycles. The Morgan fingerprint density at radius 3 is 2.79 bits per heavy atom. The van der Waals surface area contributed by atoms with Gasteiger partial charge in [-0.2, -0.15) is 9.97 Å². The number of anilines is 1. The molecule has 1 aromatic carbocycles. The molecule has 0 radical (unpaired) electrons.